The first kappa shape index (κ1) is 10.7. The van der Waals surface area contributed by atoms with Crippen LogP contribution in [0.1, 0.15) is 17.9 Å². The zero-order chi connectivity index (χ0) is 11.0. The largest absolute Gasteiger partial charge is 0.349 e. The highest BCUT2D eigenvalue weighted by atomic mass is 79.9. The summed E-state index contributed by atoms with van der Waals surface area (Å²) >= 11 is 3.41. The fourth-order valence-electron chi connectivity index (χ4n) is 1.88. The minimum atomic E-state index is 0.209. The molecule has 0 saturated heterocycles. The minimum absolute atomic E-state index is 0.209. The van der Waals surface area contributed by atoms with Gasteiger partial charge in [0, 0.05) is 24.5 Å². The number of rotatable bonds is 2. The molecule has 0 aromatic heterocycles. The normalized spacial score (nSPS) is 23.7. The number of nitrogens with zero attached hydrogens (tertiary/aromatic N) is 1. The molecule has 1 amide bonds. The molecule has 0 N–H and O–H groups in total. The summed E-state index contributed by atoms with van der Waals surface area (Å²) < 4.78 is 1.09. The Bertz CT molecular complexity index is 372. The molecule has 0 spiro atoms. The summed E-state index contributed by atoms with van der Waals surface area (Å²) in [5.74, 6) is 0.900. The molecule has 0 unspecified atom stereocenters. The van der Waals surface area contributed by atoms with Gasteiger partial charge >= 0.3 is 0 Å². The maximum atomic E-state index is 11.7. The molecule has 3 heteroatoms. The van der Waals surface area contributed by atoms with E-state index in [1.54, 1.807) is 4.90 Å². The smallest absolute Gasteiger partial charge is 0.225 e. The van der Waals surface area contributed by atoms with Crippen molar-refractivity contribution in [2.75, 3.05) is 14.1 Å². The Labute approximate surface area is 98.4 Å². The number of carbonyl (C=O) groups is 1. The molecule has 0 aliphatic heterocycles. The molecular weight excluding hydrogens is 254 g/mol. The number of halogens is 1. The Morgan fingerprint density at radius 2 is 1.93 bits per heavy atom. The van der Waals surface area contributed by atoms with E-state index >= 15 is 0 Å². The summed E-state index contributed by atoms with van der Waals surface area (Å²) in [6.45, 7) is 0. The molecule has 0 heterocycles. The van der Waals surface area contributed by atoms with Gasteiger partial charge in [0.15, 0.2) is 0 Å². The van der Waals surface area contributed by atoms with Gasteiger partial charge in [-0.3, -0.25) is 4.79 Å². The van der Waals surface area contributed by atoms with E-state index in [0.717, 1.165) is 10.9 Å². The van der Waals surface area contributed by atoms with E-state index in [0.29, 0.717) is 5.92 Å². The second-order valence-electron chi connectivity index (χ2n) is 4.23. The highest BCUT2D eigenvalue weighted by molar-refractivity contribution is 9.10. The first-order valence-corrected chi connectivity index (χ1v) is 5.85. The van der Waals surface area contributed by atoms with Crippen molar-refractivity contribution < 1.29 is 4.79 Å². The van der Waals surface area contributed by atoms with Crippen LogP contribution in [0.3, 0.4) is 0 Å². The zero-order valence-corrected chi connectivity index (χ0v) is 10.5. The number of hydrogen-bond donors (Lipinski definition) is 0. The third kappa shape index (κ3) is 2.23. The van der Waals surface area contributed by atoms with Crippen LogP contribution in [-0.4, -0.2) is 24.9 Å². The van der Waals surface area contributed by atoms with Crippen molar-refractivity contribution in [3.8, 4) is 0 Å². The Kier molecular flexibility index (Phi) is 2.83. The molecule has 15 heavy (non-hydrogen) atoms. The lowest BCUT2D eigenvalue weighted by molar-refractivity contribution is -0.130. The molecule has 2 atom stereocenters. The molecule has 80 valence electrons. The summed E-state index contributed by atoms with van der Waals surface area (Å²) in [7, 11) is 3.64. The van der Waals surface area contributed by atoms with Gasteiger partial charge in [0.2, 0.25) is 5.91 Å². The topological polar surface area (TPSA) is 20.3 Å². The van der Waals surface area contributed by atoms with E-state index in [9.17, 15) is 4.79 Å². The average Bonchev–Trinajstić information content (AvgIpc) is 2.97. The summed E-state index contributed by atoms with van der Waals surface area (Å²) in [5.41, 5.74) is 1.28. The quantitative estimate of drug-likeness (QED) is 0.807. The van der Waals surface area contributed by atoms with Gasteiger partial charge in [-0.2, -0.15) is 0 Å². The van der Waals surface area contributed by atoms with Gasteiger partial charge in [0.05, 0.1) is 0 Å². The van der Waals surface area contributed by atoms with E-state index in [4.69, 9.17) is 0 Å². The highest BCUT2D eigenvalue weighted by Crippen LogP contribution is 2.48. The third-order valence-corrected chi connectivity index (χ3v) is 3.38. The van der Waals surface area contributed by atoms with Crippen LogP contribution in [0.4, 0.5) is 0 Å². The van der Waals surface area contributed by atoms with Crippen LogP contribution in [0.25, 0.3) is 0 Å². The fraction of sp³-hybridized carbons (Fsp3) is 0.417. The van der Waals surface area contributed by atoms with Crippen LogP contribution in [-0.2, 0) is 4.79 Å². The van der Waals surface area contributed by atoms with Crippen molar-refractivity contribution in [3.05, 3.63) is 34.3 Å². The van der Waals surface area contributed by atoms with E-state index in [2.05, 4.69) is 28.1 Å². The fourth-order valence-corrected chi connectivity index (χ4v) is 2.14. The molecule has 0 bridgehead atoms. The van der Waals surface area contributed by atoms with Gasteiger partial charge in [0.25, 0.3) is 0 Å². The number of carbonyl (C=O) groups excluding carboxylic acids is 1. The summed E-state index contributed by atoms with van der Waals surface area (Å²) in [6, 6.07) is 8.26. The van der Waals surface area contributed by atoms with Crippen molar-refractivity contribution in [2.45, 2.75) is 12.3 Å². The molecule has 1 aliphatic carbocycles. The Hall–Kier alpha value is -0.830. The molecule has 1 aromatic rings. The lowest BCUT2D eigenvalue weighted by atomic mass is 10.1. The minimum Gasteiger partial charge on any atom is -0.349 e. The predicted molar refractivity (Wildman–Crippen MR) is 63.7 cm³/mol. The average molecular weight is 268 g/mol. The second kappa shape index (κ2) is 3.97. The summed E-state index contributed by atoms with van der Waals surface area (Å²) in [6.07, 6.45) is 0.999. The van der Waals surface area contributed by atoms with E-state index in [1.165, 1.54) is 5.56 Å². The lowest BCUT2D eigenvalue weighted by Crippen LogP contribution is -2.23. The van der Waals surface area contributed by atoms with E-state index in [-0.39, 0.29) is 11.8 Å². The molecule has 2 rings (SSSR count). The Morgan fingerprint density at radius 1 is 1.33 bits per heavy atom. The van der Waals surface area contributed by atoms with E-state index in [1.807, 2.05) is 26.2 Å². The summed E-state index contributed by atoms with van der Waals surface area (Å²) in [4.78, 5) is 13.4. The Morgan fingerprint density at radius 3 is 2.47 bits per heavy atom. The van der Waals surface area contributed by atoms with Crippen molar-refractivity contribution in [3.63, 3.8) is 0 Å². The van der Waals surface area contributed by atoms with Crippen LogP contribution in [0, 0.1) is 5.92 Å². The number of hydrogen-bond acceptors (Lipinski definition) is 1. The third-order valence-electron chi connectivity index (χ3n) is 2.85. The lowest BCUT2D eigenvalue weighted by Gasteiger charge is -2.09. The maximum Gasteiger partial charge on any atom is 0.225 e. The van der Waals surface area contributed by atoms with Crippen molar-refractivity contribution in [2.24, 2.45) is 5.92 Å². The molecule has 1 aromatic carbocycles. The van der Waals surface area contributed by atoms with Gasteiger partial charge in [-0.15, -0.1) is 0 Å². The molecule has 2 nitrogen and oxygen atoms in total. The van der Waals surface area contributed by atoms with Crippen LogP contribution in [0.5, 0.6) is 0 Å². The van der Waals surface area contributed by atoms with Gasteiger partial charge in [-0.25, -0.2) is 0 Å². The molecular formula is C12H14BrNO. The number of amides is 1. The maximum absolute atomic E-state index is 11.7. The molecule has 1 saturated carbocycles. The van der Waals surface area contributed by atoms with Crippen molar-refractivity contribution >= 4 is 21.8 Å². The predicted octanol–water partition coefficient (Wildman–Crippen LogP) is 2.64. The zero-order valence-electron chi connectivity index (χ0n) is 8.90. The van der Waals surface area contributed by atoms with Gasteiger partial charge in [-0.05, 0) is 30.0 Å². The first-order chi connectivity index (χ1) is 7.09. The SMILES string of the molecule is CN(C)C(=O)[C@H]1C[C@@H]1c1ccc(Br)cc1. The van der Waals surface area contributed by atoms with Crippen LogP contribution in [0.2, 0.25) is 0 Å². The van der Waals surface area contributed by atoms with Gasteiger partial charge in [0.1, 0.15) is 0 Å². The Balaban J connectivity index is 2.05. The highest BCUT2D eigenvalue weighted by Gasteiger charge is 2.44. The standard InChI is InChI=1S/C12H14BrNO/c1-14(2)12(15)11-7-10(11)8-3-5-9(13)6-4-8/h3-6,10-11H,7H2,1-2H3/t10-,11+/m1/s1. The van der Waals surface area contributed by atoms with Gasteiger partial charge < -0.3 is 4.90 Å². The van der Waals surface area contributed by atoms with Crippen molar-refractivity contribution in [1.29, 1.82) is 0 Å². The van der Waals surface area contributed by atoms with Crippen LogP contribution < -0.4 is 0 Å². The molecule has 1 aliphatic rings. The first-order valence-electron chi connectivity index (χ1n) is 5.06. The second-order valence-corrected chi connectivity index (χ2v) is 5.15. The number of benzene rings is 1. The van der Waals surface area contributed by atoms with Crippen molar-refractivity contribution in [1.82, 2.24) is 4.90 Å². The molecule has 1 fully saturated rings. The van der Waals surface area contributed by atoms with Crippen LogP contribution in [0.15, 0.2) is 28.7 Å². The monoisotopic (exact) mass is 267 g/mol. The van der Waals surface area contributed by atoms with E-state index < -0.39 is 0 Å². The molecule has 0 radical (unpaired) electrons. The van der Waals surface area contributed by atoms with Crippen LogP contribution >= 0.6 is 15.9 Å². The van der Waals surface area contributed by atoms with Gasteiger partial charge in [-0.1, -0.05) is 28.1 Å². The summed E-state index contributed by atoms with van der Waals surface area (Å²) in [5, 5.41) is 0.